The van der Waals surface area contributed by atoms with Crippen molar-refractivity contribution in [1.82, 2.24) is 9.80 Å². The zero-order chi connectivity index (χ0) is 18.8. The van der Waals surface area contributed by atoms with Crippen LogP contribution < -0.4 is 5.73 Å². The van der Waals surface area contributed by atoms with Crippen molar-refractivity contribution >= 4 is 5.91 Å². The van der Waals surface area contributed by atoms with Gasteiger partial charge in [-0.2, -0.15) is 0 Å². The number of benzene rings is 1. The van der Waals surface area contributed by atoms with Gasteiger partial charge in [-0.05, 0) is 62.0 Å². The van der Waals surface area contributed by atoms with E-state index in [1.54, 1.807) is 0 Å². The molecule has 27 heavy (non-hydrogen) atoms. The summed E-state index contributed by atoms with van der Waals surface area (Å²) < 4.78 is 0. The van der Waals surface area contributed by atoms with Crippen LogP contribution in [-0.4, -0.2) is 48.4 Å². The summed E-state index contributed by atoms with van der Waals surface area (Å²) >= 11 is 0. The number of likely N-dealkylation sites (tertiary alicyclic amines) is 1. The lowest BCUT2D eigenvalue weighted by molar-refractivity contribution is -0.137. The van der Waals surface area contributed by atoms with Gasteiger partial charge in [0, 0.05) is 38.6 Å². The van der Waals surface area contributed by atoms with Gasteiger partial charge in [-0.15, -0.1) is 0 Å². The standard InChI is InChI=1S/C23H35N3O/c1-25(23(27)21-12-19-8-5-9-20(13-21)22(19)24)14-18-10-11-26(16-18)15-17-6-3-2-4-7-17/h2-4,6-7,18-22H,5,8-16,24H2,1H3. The van der Waals surface area contributed by atoms with Crippen LogP contribution >= 0.6 is 0 Å². The van der Waals surface area contributed by atoms with Gasteiger partial charge in [0.1, 0.15) is 0 Å². The van der Waals surface area contributed by atoms with Crippen LogP contribution in [0, 0.1) is 23.7 Å². The van der Waals surface area contributed by atoms with Crippen LogP contribution in [0.3, 0.4) is 0 Å². The summed E-state index contributed by atoms with van der Waals surface area (Å²) in [6.07, 6.45) is 6.99. The van der Waals surface area contributed by atoms with E-state index >= 15 is 0 Å². The number of hydrogen-bond acceptors (Lipinski definition) is 3. The summed E-state index contributed by atoms with van der Waals surface area (Å²) in [6.45, 7) is 4.18. The molecule has 0 aromatic heterocycles. The van der Waals surface area contributed by atoms with Crippen molar-refractivity contribution < 1.29 is 4.79 Å². The molecule has 3 unspecified atom stereocenters. The molecule has 4 rings (SSSR count). The third-order valence-corrected chi connectivity index (χ3v) is 7.29. The lowest BCUT2D eigenvalue weighted by Crippen LogP contribution is -2.49. The lowest BCUT2D eigenvalue weighted by atomic mass is 9.65. The predicted octanol–water partition coefficient (Wildman–Crippen LogP) is 3.12. The van der Waals surface area contributed by atoms with Gasteiger partial charge in [0.2, 0.25) is 5.91 Å². The number of hydrogen-bond donors (Lipinski definition) is 1. The van der Waals surface area contributed by atoms with E-state index in [2.05, 4.69) is 35.2 Å². The van der Waals surface area contributed by atoms with Crippen molar-refractivity contribution in [1.29, 1.82) is 0 Å². The fraction of sp³-hybridized carbons (Fsp3) is 0.696. The second-order valence-corrected chi connectivity index (χ2v) is 9.29. The first kappa shape index (κ1) is 18.9. The molecule has 0 spiro atoms. The zero-order valence-electron chi connectivity index (χ0n) is 16.7. The molecule has 3 fully saturated rings. The minimum absolute atomic E-state index is 0.215. The molecule has 1 saturated heterocycles. The van der Waals surface area contributed by atoms with Crippen LogP contribution in [-0.2, 0) is 11.3 Å². The SMILES string of the molecule is CN(CC1CCN(Cc2ccccc2)C1)C(=O)C1CC2CCCC(C1)C2N. The van der Waals surface area contributed by atoms with Gasteiger partial charge in [-0.1, -0.05) is 36.8 Å². The summed E-state index contributed by atoms with van der Waals surface area (Å²) in [5, 5.41) is 0. The van der Waals surface area contributed by atoms with Crippen molar-refractivity contribution in [3.63, 3.8) is 0 Å². The van der Waals surface area contributed by atoms with Crippen molar-refractivity contribution in [2.45, 2.75) is 51.1 Å². The Hall–Kier alpha value is -1.39. The summed E-state index contributed by atoms with van der Waals surface area (Å²) in [5.74, 6) is 2.35. The Bertz CT molecular complexity index is 620. The average Bonchev–Trinajstić information content (AvgIpc) is 3.08. The Morgan fingerprint density at radius 3 is 2.56 bits per heavy atom. The van der Waals surface area contributed by atoms with E-state index in [0.29, 0.717) is 29.7 Å². The van der Waals surface area contributed by atoms with E-state index < -0.39 is 0 Å². The van der Waals surface area contributed by atoms with Crippen LogP contribution in [0.4, 0.5) is 0 Å². The fourth-order valence-corrected chi connectivity index (χ4v) is 5.83. The highest BCUT2D eigenvalue weighted by molar-refractivity contribution is 5.78. The molecule has 4 nitrogen and oxygen atoms in total. The Balaban J connectivity index is 1.27. The van der Waals surface area contributed by atoms with Gasteiger partial charge < -0.3 is 10.6 Å². The third kappa shape index (κ3) is 4.38. The molecule has 148 valence electrons. The Morgan fingerprint density at radius 1 is 1.15 bits per heavy atom. The maximum Gasteiger partial charge on any atom is 0.225 e. The van der Waals surface area contributed by atoms with Gasteiger partial charge in [0.25, 0.3) is 0 Å². The molecule has 3 atom stereocenters. The second-order valence-electron chi connectivity index (χ2n) is 9.29. The molecule has 2 aliphatic carbocycles. The van der Waals surface area contributed by atoms with E-state index in [-0.39, 0.29) is 5.92 Å². The highest BCUT2D eigenvalue weighted by atomic mass is 16.2. The molecule has 4 heteroatoms. The molecule has 1 aromatic rings. The molecular formula is C23H35N3O. The summed E-state index contributed by atoms with van der Waals surface area (Å²) in [7, 11) is 2.02. The van der Waals surface area contributed by atoms with Gasteiger partial charge in [-0.25, -0.2) is 0 Å². The van der Waals surface area contributed by atoms with Crippen molar-refractivity contribution in [3.05, 3.63) is 35.9 Å². The number of carbonyl (C=O) groups is 1. The van der Waals surface area contributed by atoms with Crippen LogP contribution in [0.25, 0.3) is 0 Å². The van der Waals surface area contributed by atoms with Gasteiger partial charge >= 0.3 is 0 Å². The van der Waals surface area contributed by atoms with Crippen molar-refractivity contribution in [3.8, 4) is 0 Å². The van der Waals surface area contributed by atoms with Gasteiger partial charge in [0.05, 0.1) is 0 Å². The topological polar surface area (TPSA) is 49.6 Å². The number of nitrogens with zero attached hydrogens (tertiary/aromatic N) is 2. The number of rotatable bonds is 5. The quantitative estimate of drug-likeness (QED) is 0.867. The maximum absolute atomic E-state index is 13.1. The molecule has 1 heterocycles. The molecule has 2 saturated carbocycles. The number of carbonyl (C=O) groups excluding carboxylic acids is 1. The van der Waals surface area contributed by atoms with Crippen LogP contribution in [0.5, 0.6) is 0 Å². The Kier molecular flexibility index (Phi) is 5.84. The van der Waals surface area contributed by atoms with E-state index in [4.69, 9.17) is 5.73 Å². The summed E-state index contributed by atoms with van der Waals surface area (Å²) in [6, 6.07) is 11.0. The number of nitrogens with two attached hydrogens (primary N) is 1. The first-order chi connectivity index (χ1) is 13.1. The Labute approximate surface area is 164 Å². The molecule has 2 bridgehead atoms. The first-order valence-electron chi connectivity index (χ1n) is 10.9. The van der Waals surface area contributed by atoms with Crippen LogP contribution in [0.15, 0.2) is 30.3 Å². The maximum atomic E-state index is 13.1. The Morgan fingerprint density at radius 2 is 1.85 bits per heavy atom. The molecule has 0 radical (unpaired) electrons. The minimum atomic E-state index is 0.215. The normalized spacial score (nSPS) is 33.8. The molecule has 1 amide bonds. The lowest BCUT2D eigenvalue weighted by Gasteiger charge is -2.44. The van der Waals surface area contributed by atoms with E-state index in [1.165, 1.54) is 31.2 Å². The molecule has 1 aliphatic heterocycles. The summed E-state index contributed by atoms with van der Waals surface area (Å²) in [4.78, 5) is 17.6. The third-order valence-electron chi connectivity index (χ3n) is 7.29. The van der Waals surface area contributed by atoms with E-state index in [1.807, 2.05) is 11.9 Å². The fourth-order valence-electron chi connectivity index (χ4n) is 5.83. The minimum Gasteiger partial charge on any atom is -0.345 e. The summed E-state index contributed by atoms with van der Waals surface area (Å²) in [5.41, 5.74) is 7.79. The van der Waals surface area contributed by atoms with E-state index in [0.717, 1.165) is 39.0 Å². The molecular weight excluding hydrogens is 334 g/mol. The smallest absolute Gasteiger partial charge is 0.225 e. The highest BCUT2D eigenvalue weighted by Gasteiger charge is 2.41. The van der Waals surface area contributed by atoms with Crippen molar-refractivity contribution in [2.75, 3.05) is 26.7 Å². The van der Waals surface area contributed by atoms with Crippen LogP contribution in [0.2, 0.25) is 0 Å². The van der Waals surface area contributed by atoms with Gasteiger partial charge in [-0.3, -0.25) is 9.69 Å². The first-order valence-corrected chi connectivity index (χ1v) is 10.9. The van der Waals surface area contributed by atoms with E-state index in [9.17, 15) is 4.79 Å². The monoisotopic (exact) mass is 369 g/mol. The van der Waals surface area contributed by atoms with Crippen LogP contribution in [0.1, 0.15) is 44.1 Å². The van der Waals surface area contributed by atoms with Gasteiger partial charge in [0.15, 0.2) is 0 Å². The zero-order valence-corrected chi connectivity index (χ0v) is 16.7. The molecule has 3 aliphatic rings. The predicted molar refractivity (Wildman–Crippen MR) is 109 cm³/mol. The number of fused-ring (bicyclic) bond motifs is 2. The molecule has 2 N–H and O–H groups in total. The number of amides is 1. The second kappa shape index (κ2) is 8.32. The molecule has 1 aromatic carbocycles. The largest absolute Gasteiger partial charge is 0.345 e. The highest BCUT2D eigenvalue weighted by Crippen LogP contribution is 2.42. The van der Waals surface area contributed by atoms with Crippen molar-refractivity contribution in [2.24, 2.45) is 29.4 Å². The average molecular weight is 370 g/mol.